The zero-order valence-electron chi connectivity index (χ0n) is 16.7. The predicted molar refractivity (Wildman–Crippen MR) is 109 cm³/mol. The minimum absolute atomic E-state index is 0.0906. The number of nitrogens with zero attached hydrogens (tertiary/aromatic N) is 1. The van der Waals surface area contributed by atoms with E-state index in [2.05, 4.69) is 42.5 Å². The fraction of sp³-hybridized carbons (Fsp3) is 0.545. The molecule has 148 valence electrons. The van der Waals surface area contributed by atoms with Crippen molar-refractivity contribution in [3.8, 4) is 0 Å². The summed E-state index contributed by atoms with van der Waals surface area (Å²) in [6.45, 7) is 7.94. The van der Waals surface area contributed by atoms with Crippen molar-refractivity contribution in [3.05, 3.63) is 42.0 Å². The van der Waals surface area contributed by atoms with Gasteiger partial charge >= 0.3 is 5.97 Å². The molecular weight excluding hydrogens is 340 g/mol. The molecule has 5 nitrogen and oxygen atoms in total. The second-order valence-electron chi connectivity index (χ2n) is 7.15. The number of allylic oxidation sites excluding steroid dienone is 2. The number of carbonyl (C=O) groups is 1. The summed E-state index contributed by atoms with van der Waals surface area (Å²) < 4.78 is 5.20. The van der Waals surface area contributed by atoms with Gasteiger partial charge in [-0.25, -0.2) is 0 Å². The van der Waals surface area contributed by atoms with E-state index in [1.807, 2.05) is 25.1 Å². The van der Waals surface area contributed by atoms with E-state index in [1.165, 1.54) is 0 Å². The molecule has 0 bridgehead atoms. The zero-order valence-corrected chi connectivity index (χ0v) is 16.7. The van der Waals surface area contributed by atoms with Crippen LogP contribution in [0.1, 0.15) is 45.6 Å². The Morgan fingerprint density at radius 2 is 2.11 bits per heavy atom. The summed E-state index contributed by atoms with van der Waals surface area (Å²) in [6, 6.07) is 10.3. The Hall–Kier alpha value is -2.14. The van der Waals surface area contributed by atoms with E-state index in [0.717, 1.165) is 36.9 Å². The number of carbonyl (C=O) groups excluding carboxylic acids is 1. The number of esters is 1. The average Bonchev–Trinajstić information content (AvgIpc) is 2.67. The summed E-state index contributed by atoms with van der Waals surface area (Å²) in [5, 5.41) is 7.57. The first-order chi connectivity index (χ1) is 13.1. The van der Waals surface area contributed by atoms with Crippen molar-refractivity contribution in [1.82, 2.24) is 5.32 Å². The molecule has 0 spiro atoms. The number of hydrogen-bond donors (Lipinski definition) is 1. The van der Waals surface area contributed by atoms with E-state index in [0.29, 0.717) is 19.1 Å². The minimum atomic E-state index is -0.107. The Morgan fingerprint density at radius 1 is 1.33 bits per heavy atom. The lowest BCUT2D eigenvalue weighted by molar-refractivity contribution is -0.150. The highest BCUT2D eigenvalue weighted by molar-refractivity contribution is 6.09. The van der Waals surface area contributed by atoms with E-state index in [9.17, 15) is 4.79 Å². The van der Waals surface area contributed by atoms with Crippen LogP contribution in [-0.4, -0.2) is 38.0 Å². The van der Waals surface area contributed by atoms with Crippen molar-refractivity contribution >= 4 is 17.8 Å². The van der Waals surface area contributed by atoms with Crippen LogP contribution in [0.4, 0.5) is 0 Å². The molecule has 1 fully saturated rings. The van der Waals surface area contributed by atoms with Crippen LogP contribution in [-0.2, 0) is 14.4 Å². The van der Waals surface area contributed by atoms with E-state index < -0.39 is 0 Å². The Morgan fingerprint density at radius 3 is 2.81 bits per heavy atom. The Labute approximate surface area is 162 Å². The van der Waals surface area contributed by atoms with Crippen LogP contribution in [0.25, 0.3) is 5.57 Å². The molecule has 2 rings (SSSR count). The van der Waals surface area contributed by atoms with Gasteiger partial charge in [-0.1, -0.05) is 55.4 Å². The summed E-state index contributed by atoms with van der Waals surface area (Å²) in [5.41, 5.74) is 2.17. The molecule has 0 radical (unpaired) electrons. The van der Waals surface area contributed by atoms with Crippen LogP contribution >= 0.6 is 0 Å². The monoisotopic (exact) mass is 372 g/mol. The number of ether oxygens (including phenoxy) is 1. The third kappa shape index (κ3) is 7.18. The molecule has 0 saturated carbocycles. The van der Waals surface area contributed by atoms with Crippen molar-refractivity contribution in [3.63, 3.8) is 0 Å². The number of benzene rings is 1. The molecular formula is C22H32N2O3. The molecule has 1 aliphatic rings. The van der Waals surface area contributed by atoms with Crippen molar-refractivity contribution in [2.75, 3.05) is 19.8 Å². The summed E-state index contributed by atoms with van der Waals surface area (Å²) in [4.78, 5) is 17.6. The van der Waals surface area contributed by atoms with Gasteiger partial charge in [0.1, 0.15) is 6.61 Å². The molecule has 1 aliphatic heterocycles. The van der Waals surface area contributed by atoms with Crippen LogP contribution in [0.3, 0.4) is 0 Å². The summed E-state index contributed by atoms with van der Waals surface area (Å²) in [7, 11) is 0. The first-order valence-electron chi connectivity index (χ1n) is 9.94. The summed E-state index contributed by atoms with van der Waals surface area (Å²) in [5.74, 6) is 0.222. The molecule has 2 unspecified atom stereocenters. The predicted octanol–water partition coefficient (Wildman–Crippen LogP) is 4.05. The van der Waals surface area contributed by atoms with Gasteiger partial charge in [0.05, 0.1) is 18.7 Å². The summed E-state index contributed by atoms with van der Waals surface area (Å²) >= 11 is 0. The van der Waals surface area contributed by atoms with E-state index in [1.54, 1.807) is 6.21 Å². The Bertz CT molecular complexity index is 626. The van der Waals surface area contributed by atoms with Crippen LogP contribution in [0.15, 0.2) is 41.6 Å². The van der Waals surface area contributed by atoms with Gasteiger partial charge in [-0.15, -0.1) is 0 Å². The number of rotatable bonds is 9. The van der Waals surface area contributed by atoms with E-state index in [-0.39, 0.29) is 17.9 Å². The average molecular weight is 373 g/mol. The smallest absolute Gasteiger partial charge is 0.310 e. The molecule has 27 heavy (non-hydrogen) atoms. The third-order valence-corrected chi connectivity index (χ3v) is 4.58. The number of oxime groups is 1. The molecule has 1 heterocycles. The first-order valence-corrected chi connectivity index (χ1v) is 9.94. The zero-order chi connectivity index (χ0) is 19.5. The third-order valence-electron chi connectivity index (χ3n) is 4.58. The first kappa shape index (κ1) is 21.2. The minimum Gasteiger partial charge on any atom is -0.466 e. The molecule has 0 aromatic heterocycles. The molecule has 1 N–H and O–H groups in total. The standard InChI is InChI=1S/C22H32N2O3/c1-4-26-22(25)20-11-8-13-23-21(20)12-14-27-24-16-19(15-17(2)3)18-9-6-5-7-10-18/h5-7,9-10,15-17,20-21,23H,4,8,11-14H2,1-3H3. The van der Waals surface area contributed by atoms with Crippen molar-refractivity contribution < 1.29 is 14.4 Å². The van der Waals surface area contributed by atoms with Gasteiger partial charge in [0.2, 0.25) is 0 Å². The van der Waals surface area contributed by atoms with Gasteiger partial charge in [0.15, 0.2) is 0 Å². The lowest BCUT2D eigenvalue weighted by atomic mass is 9.89. The number of hydrogen-bond acceptors (Lipinski definition) is 5. The highest BCUT2D eigenvalue weighted by Crippen LogP contribution is 2.21. The molecule has 5 heteroatoms. The van der Waals surface area contributed by atoms with Crippen molar-refractivity contribution in [1.29, 1.82) is 0 Å². The lowest BCUT2D eigenvalue weighted by Crippen LogP contribution is -2.45. The molecule has 0 amide bonds. The van der Waals surface area contributed by atoms with Crippen LogP contribution < -0.4 is 5.32 Å². The molecule has 2 atom stereocenters. The topological polar surface area (TPSA) is 59.9 Å². The molecule has 1 aromatic carbocycles. The van der Waals surface area contributed by atoms with Gasteiger partial charge in [0.25, 0.3) is 0 Å². The van der Waals surface area contributed by atoms with Gasteiger partial charge in [-0.3, -0.25) is 4.79 Å². The van der Waals surface area contributed by atoms with Gasteiger partial charge < -0.3 is 14.9 Å². The largest absolute Gasteiger partial charge is 0.466 e. The number of piperidine rings is 1. The highest BCUT2D eigenvalue weighted by atomic mass is 16.6. The maximum absolute atomic E-state index is 12.1. The Balaban J connectivity index is 1.87. The van der Waals surface area contributed by atoms with Gasteiger partial charge in [-0.2, -0.15) is 0 Å². The van der Waals surface area contributed by atoms with E-state index in [4.69, 9.17) is 9.57 Å². The summed E-state index contributed by atoms with van der Waals surface area (Å²) in [6.07, 6.45) is 6.54. The quantitative estimate of drug-likeness (QED) is 0.307. The van der Waals surface area contributed by atoms with E-state index >= 15 is 0 Å². The molecule has 0 aliphatic carbocycles. The fourth-order valence-electron chi connectivity index (χ4n) is 3.32. The van der Waals surface area contributed by atoms with Crippen LogP contribution in [0, 0.1) is 11.8 Å². The van der Waals surface area contributed by atoms with Crippen molar-refractivity contribution in [2.45, 2.75) is 46.1 Å². The number of nitrogens with one attached hydrogen (secondary N) is 1. The fourth-order valence-corrected chi connectivity index (χ4v) is 3.32. The maximum Gasteiger partial charge on any atom is 0.310 e. The van der Waals surface area contributed by atoms with Gasteiger partial charge in [0, 0.05) is 12.5 Å². The van der Waals surface area contributed by atoms with Crippen molar-refractivity contribution in [2.24, 2.45) is 17.0 Å². The second-order valence-corrected chi connectivity index (χ2v) is 7.15. The van der Waals surface area contributed by atoms with Crippen LogP contribution in [0.2, 0.25) is 0 Å². The van der Waals surface area contributed by atoms with Crippen LogP contribution in [0.5, 0.6) is 0 Å². The SMILES string of the molecule is CCOC(=O)C1CCCNC1CCON=CC(=CC(C)C)c1ccccc1. The normalized spacial score (nSPS) is 20.8. The molecule has 1 saturated heterocycles. The Kier molecular flexibility index (Phi) is 9.05. The lowest BCUT2D eigenvalue weighted by Gasteiger charge is -2.30. The second kappa shape index (κ2) is 11.5. The maximum atomic E-state index is 12.1. The molecule has 1 aromatic rings. The van der Waals surface area contributed by atoms with Gasteiger partial charge in [-0.05, 0) is 43.4 Å². The highest BCUT2D eigenvalue weighted by Gasteiger charge is 2.31.